The van der Waals surface area contributed by atoms with Crippen LogP contribution in [0.5, 0.6) is 11.5 Å². The monoisotopic (exact) mass is 387 g/mol. The number of rotatable bonds is 6. The van der Waals surface area contributed by atoms with Crippen LogP contribution in [0.15, 0.2) is 23.6 Å². The summed E-state index contributed by atoms with van der Waals surface area (Å²) in [5.74, 6) is -1.76. The minimum atomic E-state index is -5.11. The number of alkyl halides is 6. The van der Waals surface area contributed by atoms with Gasteiger partial charge in [0.05, 0.1) is 17.9 Å². The molecule has 0 spiro atoms. The van der Waals surface area contributed by atoms with E-state index in [4.69, 9.17) is 0 Å². The Kier molecular flexibility index (Phi) is 5.62. The molecule has 1 aromatic carbocycles. The van der Waals surface area contributed by atoms with Gasteiger partial charge >= 0.3 is 12.7 Å². The van der Waals surface area contributed by atoms with Crippen molar-refractivity contribution < 1.29 is 40.9 Å². The van der Waals surface area contributed by atoms with Gasteiger partial charge in [0.1, 0.15) is 17.4 Å². The number of benzene rings is 1. The summed E-state index contributed by atoms with van der Waals surface area (Å²) in [6, 6.07) is 2.25. The van der Waals surface area contributed by atoms with Gasteiger partial charge in [0.15, 0.2) is 5.75 Å². The fourth-order valence-corrected chi connectivity index (χ4v) is 2.38. The van der Waals surface area contributed by atoms with Crippen molar-refractivity contribution in [2.45, 2.75) is 25.9 Å². The van der Waals surface area contributed by atoms with Gasteiger partial charge in [-0.1, -0.05) is 0 Å². The van der Waals surface area contributed by atoms with E-state index in [1.54, 1.807) is 0 Å². The normalized spacial score (nSPS) is 12.1. The lowest BCUT2D eigenvalue weighted by molar-refractivity contribution is -0.276. The Morgan fingerprint density at radius 3 is 2.32 bits per heavy atom. The zero-order chi connectivity index (χ0) is 18.7. The van der Waals surface area contributed by atoms with E-state index in [0.717, 1.165) is 23.5 Å². The van der Waals surface area contributed by atoms with Crippen LogP contribution >= 0.6 is 11.3 Å². The minimum absolute atomic E-state index is 0.0514. The first-order valence-corrected chi connectivity index (χ1v) is 7.34. The second-order valence-electron chi connectivity index (χ2n) is 4.48. The van der Waals surface area contributed by atoms with Crippen LogP contribution in [0, 0.1) is 0 Å². The molecule has 0 unspecified atom stereocenters. The number of halogens is 6. The Bertz CT molecular complexity index is 717. The summed E-state index contributed by atoms with van der Waals surface area (Å²) in [5, 5.41) is 15.1. The minimum Gasteiger partial charge on any atom is -0.406 e. The van der Waals surface area contributed by atoms with Gasteiger partial charge in [-0.25, -0.2) is 10.1 Å². The van der Waals surface area contributed by atoms with Crippen molar-refractivity contribution in [3.05, 3.63) is 34.3 Å². The SMILES string of the molecule is [O]Cc1nc(CNc2ccc(OC(F)(F)F)cc2OC(F)(F)F)cs1. The first-order valence-electron chi connectivity index (χ1n) is 6.46. The highest BCUT2D eigenvalue weighted by Gasteiger charge is 2.34. The van der Waals surface area contributed by atoms with Crippen LogP contribution < -0.4 is 14.8 Å². The lowest BCUT2D eigenvalue weighted by atomic mass is 10.2. The van der Waals surface area contributed by atoms with E-state index in [0.29, 0.717) is 16.8 Å². The maximum absolute atomic E-state index is 12.4. The number of aromatic nitrogens is 1. The largest absolute Gasteiger partial charge is 0.573 e. The van der Waals surface area contributed by atoms with E-state index < -0.39 is 30.8 Å². The summed E-state index contributed by atoms with van der Waals surface area (Å²) >= 11 is 1.09. The van der Waals surface area contributed by atoms with Gasteiger partial charge in [-0.2, -0.15) is 0 Å². The number of hydrogen-bond acceptors (Lipinski definition) is 5. The van der Waals surface area contributed by atoms with Gasteiger partial charge in [0, 0.05) is 11.4 Å². The summed E-state index contributed by atoms with van der Waals surface area (Å²) in [7, 11) is 0. The van der Waals surface area contributed by atoms with Crippen molar-refractivity contribution in [2.24, 2.45) is 0 Å². The second kappa shape index (κ2) is 7.35. The quantitative estimate of drug-likeness (QED) is 0.743. The van der Waals surface area contributed by atoms with Crippen LogP contribution in [0.2, 0.25) is 0 Å². The lowest BCUT2D eigenvalue weighted by Gasteiger charge is -2.16. The van der Waals surface area contributed by atoms with E-state index in [2.05, 4.69) is 19.8 Å². The summed E-state index contributed by atoms with van der Waals surface area (Å²) in [6.45, 7) is -0.583. The Balaban J connectivity index is 2.19. The molecule has 1 heterocycles. The molecule has 0 bridgehead atoms. The van der Waals surface area contributed by atoms with Gasteiger partial charge in [-0.05, 0) is 12.1 Å². The zero-order valence-electron chi connectivity index (χ0n) is 12.1. The first-order chi connectivity index (χ1) is 11.6. The van der Waals surface area contributed by atoms with Crippen molar-refractivity contribution >= 4 is 17.0 Å². The molecular weight excluding hydrogens is 378 g/mol. The molecule has 0 aliphatic heterocycles. The van der Waals surface area contributed by atoms with Gasteiger partial charge in [0.2, 0.25) is 0 Å². The molecule has 0 saturated heterocycles. The van der Waals surface area contributed by atoms with Crippen molar-refractivity contribution in [3.8, 4) is 11.5 Å². The van der Waals surface area contributed by atoms with Gasteiger partial charge in [0.25, 0.3) is 0 Å². The summed E-state index contributed by atoms with van der Waals surface area (Å²) < 4.78 is 81.2. The molecule has 5 nitrogen and oxygen atoms in total. The van der Waals surface area contributed by atoms with E-state index >= 15 is 0 Å². The average Bonchev–Trinajstić information content (AvgIpc) is 2.91. The Morgan fingerprint density at radius 2 is 1.76 bits per heavy atom. The number of thiazole rings is 1. The van der Waals surface area contributed by atoms with Crippen LogP contribution in [-0.2, 0) is 18.3 Å². The standard InChI is InChI=1S/C13H9F6N2O3S/c14-12(15,16)23-8-1-2-9(10(3-8)24-13(17,18)19)20-4-7-6-25-11(5-22)21-7/h1-3,6,20H,4-5H2. The molecule has 0 atom stereocenters. The van der Waals surface area contributed by atoms with Gasteiger partial charge in [-0.3, -0.25) is 0 Å². The van der Waals surface area contributed by atoms with Gasteiger partial charge in [-0.15, -0.1) is 37.7 Å². The summed E-state index contributed by atoms with van der Waals surface area (Å²) in [5.41, 5.74) is 0.174. The molecule has 1 radical (unpaired) electrons. The molecule has 2 rings (SSSR count). The highest BCUT2D eigenvalue weighted by Crippen LogP contribution is 2.35. The highest BCUT2D eigenvalue weighted by atomic mass is 32.1. The van der Waals surface area contributed by atoms with Crippen LogP contribution in [0.3, 0.4) is 0 Å². The third kappa shape index (κ3) is 6.31. The Labute approximate surface area is 140 Å². The van der Waals surface area contributed by atoms with E-state index in [1.165, 1.54) is 5.38 Å². The predicted octanol–water partition coefficient (Wildman–Crippen LogP) is 4.48. The third-order valence-corrected chi connectivity index (χ3v) is 3.47. The zero-order valence-corrected chi connectivity index (χ0v) is 12.9. The molecule has 0 saturated carbocycles. The number of nitrogens with zero attached hydrogens (tertiary/aromatic N) is 1. The fraction of sp³-hybridized carbons (Fsp3) is 0.308. The molecule has 2 aromatic rings. The number of anilines is 1. The molecule has 137 valence electrons. The van der Waals surface area contributed by atoms with Crippen LogP contribution in [-0.4, -0.2) is 17.7 Å². The average molecular weight is 387 g/mol. The lowest BCUT2D eigenvalue weighted by Crippen LogP contribution is -2.19. The molecule has 0 amide bonds. The number of hydrogen-bond donors (Lipinski definition) is 1. The van der Waals surface area contributed by atoms with Crippen molar-refractivity contribution in [1.82, 2.24) is 4.98 Å². The maximum Gasteiger partial charge on any atom is 0.573 e. The third-order valence-electron chi connectivity index (χ3n) is 2.60. The Hall–Kier alpha value is -2.21. The number of nitrogens with one attached hydrogen (secondary N) is 1. The van der Waals surface area contributed by atoms with Crippen molar-refractivity contribution in [2.75, 3.05) is 5.32 Å². The Morgan fingerprint density at radius 1 is 1.08 bits per heavy atom. The molecule has 1 aromatic heterocycles. The van der Waals surface area contributed by atoms with Gasteiger partial charge < -0.3 is 14.8 Å². The molecule has 1 N–H and O–H groups in total. The van der Waals surface area contributed by atoms with Crippen LogP contribution in [0.25, 0.3) is 0 Å². The molecule has 12 heteroatoms. The predicted molar refractivity (Wildman–Crippen MR) is 73.6 cm³/mol. The summed E-state index contributed by atoms with van der Waals surface area (Å²) in [4.78, 5) is 3.92. The topological polar surface area (TPSA) is 63.3 Å². The molecule has 0 aliphatic carbocycles. The van der Waals surface area contributed by atoms with Crippen molar-refractivity contribution in [1.29, 1.82) is 0 Å². The summed E-state index contributed by atoms with van der Waals surface area (Å²) in [6.07, 6.45) is -10.2. The number of ether oxygens (including phenoxy) is 2. The smallest absolute Gasteiger partial charge is 0.406 e. The fourth-order valence-electron chi connectivity index (χ4n) is 1.74. The first kappa shape index (κ1) is 19.1. The molecular formula is C13H9F6N2O3S. The van der Waals surface area contributed by atoms with Crippen molar-refractivity contribution in [3.63, 3.8) is 0 Å². The van der Waals surface area contributed by atoms with Crippen LogP contribution in [0.1, 0.15) is 10.7 Å². The molecule has 0 aliphatic rings. The second-order valence-corrected chi connectivity index (χ2v) is 5.43. The maximum atomic E-state index is 12.4. The highest BCUT2D eigenvalue weighted by molar-refractivity contribution is 7.09. The van der Waals surface area contributed by atoms with E-state index in [1.807, 2.05) is 0 Å². The molecule has 0 fully saturated rings. The molecule has 25 heavy (non-hydrogen) atoms. The van der Waals surface area contributed by atoms with E-state index in [9.17, 15) is 31.4 Å². The van der Waals surface area contributed by atoms with Crippen LogP contribution in [0.4, 0.5) is 32.0 Å². The van der Waals surface area contributed by atoms with E-state index in [-0.39, 0.29) is 12.2 Å².